The summed E-state index contributed by atoms with van der Waals surface area (Å²) < 4.78 is 13.1. The number of ketones is 1. The van der Waals surface area contributed by atoms with Crippen LogP contribution in [0.25, 0.3) is 0 Å². The largest absolute Gasteiger partial charge is 0.453 e. The number of hydrogen-bond acceptors (Lipinski definition) is 5. The van der Waals surface area contributed by atoms with Gasteiger partial charge in [-0.1, -0.05) is 0 Å². The van der Waals surface area contributed by atoms with Crippen LogP contribution in [-0.2, 0) is 16.0 Å². The van der Waals surface area contributed by atoms with E-state index < -0.39 is 12.1 Å². The van der Waals surface area contributed by atoms with Gasteiger partial charge in [0.1, 0.15) is 5.69 Å². The molecule has 0 radical (unpaired) electrons. The lowest BCUT2D eigenvalue weighted by atomic mass is 10.1. The van der Waals surface area contributed by atoms with E-state index in [0.717, 1.165) is 37.4 Å². The Morgan fingerprint density at radius 3 is 2.66 bits per heavy atom. The molecular weight excluding hydrogens is 372 g/mol. The second kappa shape index (κ2) is 8.55. The second-order valence-electron chi connectivity index (χ2n) is 7.87. The van der Waals surface area contributed by atoms with E-state index in [0.29, 0.717) is 22.4 Å². The van der Waals surface area contributed by atoms with Gasteiger partial charge in [0, 0.05) is 41.4 Å². The average molecular weight is 402 g/mol. The number of H-pyrrole nitrogens is 1. The van der Waals surface area contributed by atoms with E-state index in [2.05, 4.69) is 9.55 Å². The summed E-state index contributed by atoms with van der Waals surface area (Å²) in [5.41, 5.74) is 4.74. The predicted molar refractivity (Wildman–Crippen MR) is 108 cm³/mol. The van der Waals surface area contributed by atoms with Crippen LogP contribution in [0, 0.1) is 27.7 Å². The van der Waals surface area contributed by atoms with Gasteiger partial charge in [-0.25, -0.2) is 4.79 Å². The van der Waals surface area contributed by atoms with E-state index in [1.54, 1.807) is 20.8 Å². The van der Waals surface area contributed by atoms with Gasteiger partial charge in [-0.2, -0.15) is 0 Å². The first-order chi connectivity index (χ1) is 13.7. The van der Waals surface area contributed by atoms with Crippen molar-refractivity contribution in [3.8, 4) is 0 Å². The topological polar surface area (TPSA) is 93.6 Å². The molecule has 2 N–H and O–H groups in total. The van der Waals surface area contributed by atoms with E-state index in [-0.39, 0.29) is 24.2 Å². The van der Waals surface area contributed by atoms with Crippen LogP contribution in [0.5, 0.6) is 0 Å². The molecule has 1 aliphatic rings. The Kier molecular flexibility index (Phi) is 6.29. The van der Waals surface area contributed by atoms with Crippen LogP contribution in [0.2, 0.25) is 0 Å². The van der Waals surface area contributed by atoms with E-state index in [9.17, 15) is 14.7 Å². The highest BCUT2D eigenvalue weighted by molar-refractivity contribution is 6.00. The molecule has 1 fully saturated rings. The molecule has 7 nitrogen and oxygen atoms in total. The number of nitrogens with zero attached hydrogens (tertiary/aromatic N) is 1. The molecule has 2 aromatic heterocycles. The Morgan fingerprint density at radius 1 is 1.34 bits per heavy atom. The fourth-order valence-corrected chi connectivity index (χ4v) is 4.23. The monoisotopic (exact) mass is 402 g/mol. The quantitative estimate of drug-likeness (QED) is 0.547. The second-order valence-corrected chi connectivity index (χ2v) is 7.87. The van der Waals surface area contributed by atoms with Crippen molar-refractivity contribution < 1.29 is 24.2 Å². The molecule has 3 rings (SSSR count). The van der Waals surface area contributed by atoms with Gasteiger partial charge >= 0.3 is 5.97 Å². The van der Waals surface area contributed by atoms with Gasteiger partial charge in [0.05, 0.1) is 12.2 Å². The van der Waals surface area contributed by atoms with Crippen LogP contribution in [0.3, 0.4) is 0 Å². The number of rotatable bonds is 7. The zero-order valence-corrected chi connectivity index (χ0v) is 17.8. The number of ether oxygens (including phenoxy) is 2. The molecule has 0 aliphatic carbocycles. The summed E-state index contributed by atoms with van der Waals surface area (Å²) in [5, 5.41) is 9.87. The molecule has 1 saturated heterocycles. The van der Waals surface area contributed by atoms with Gasteiger partial charge in [-0.3, -0.25) is 4.79 Å². The first-order valence-corrected chi connectivity index (χ1v) is 10.1. The smallest absolute Gasteiger partial charge is 0.355 e. The Hall–Kier alpha value is -2.38. The van der Waals surface area contributed by atoms with Crippen LogP contribution < -0.4 is 0 Å². The average Bonchev–Trinajstić information content (AvgIpc) is 3.34. The zero-order valence-electron chi connectivity index (χ0n) is 17.8. The van der Waals surface area contributed by atoms with Crippen LogP contribution in [-0.4, -0.2) is 45.7 Å². The van der Waals surface area contributed by atoms with Crippen molar-refractivity contribution >= 4 is 11.8 Å². The van der Waals surface area contributed by atoms with Crippen molar-refractivity contribution in [1.82, 2.24) is 9.55 Å². The summed E-state index contributed by atoms with van der Waals surface area (Å²) in [6.45, 7) is 10.3. The molecule has 0 amide bonds. The molecule has 2 aromatic rings. The van der Waals surface area contributed by atoms with Crippen LogP contribution in [0.1, 0.15) is 74.9 Å². The Morgan fingerprint density at radius 2 is 2.07 bits per heavy atom. The van der Waals surface area contributed by atoms with Crippen molar-refractivity contribution in [3.05, 3.63) is 45.5 Å². The number of Topliss-reactive ketones (excluding diaryl/α,β-unsaturated/α-hetero) is 1. The molecule has 7 heteroatoms. The van der Waals surface area contributed by atoms with Crippen LogP contribution in [0.15, 0.2) is 6.07 Å². The molecule has 158 valence electrons. The third-order valence-electron chi connectivity index (χ3n) is 5.74. The summed E-state index contributed by atoms with van der Waals surface area (Å²) in [5.74, 6) is -0.833. The molecule has 0 spiro atoms. The standard InChI is InChI=1S/C22H30N2O5/c1-12-9-18(15(4)24(12)10-17-7-6-8-28-17)19(26)11-29-22(27)21-13(2)20(16(5)25)14(3)23-21/h9,16-17,23,25H,6-8,10-11H2,1-5H3/t16-,17+/m1/s1. The highest BCUT2D eigenvalue weighted by atomic mass is 16.5. The number of hydrogen-bond donors (Lipinski definition) is 2. The van der Waals surface area contributed by atoms with Gasteiger partial charge in [0.2, 0.25) is 5.78 Å². The van der Waals surface area contributed by atoms with E-state index in [1.807, 2.05) is 19.9 Å². The summed E-state index contributed by atoms with van der Waals surface area (Å²) in [6.07, 6.45) is 1.59. The number of aromatic nitrogens is 2. The highest BCUT2D eigenvalue weighted by Gasteiger charge is 2.24. The minimum atomic E-state index is -0.691. The number of aromatic amines is 1. The van der Waals surface area contributed by atoms with E-state index >= 15 is 0 Å². The molecule has 0 bridgehead atoms. The molecule has 3 heterocycles. The Bertz CT molecular complexity index is 916. The third kappa shape index (κ3) is 4.31. The van der Waals surface area contributed by atoms with E-state index in [1.165, 1.54) is 0 Å². The fraction of sp³-hybridized carbons (Fsp3) is 0.545. The maximum atomic E-state index is 12.7. The lowest BCUT2D eigenvalue weighted by Crippen LogP contribution is -2.18. The highest BCUT2D eigenvalue weighted by Crippen LogP contribution is 2.25. The number of esters is 1. The van der Waals surface area contributed by atoms with Crippen molar-refractivity contribution in [3.63, 3.8) is 0 Å². The number of aliphatic hydroxyl groups is 1. The number of nitrogens with one attached hydrogen (secondary N) is 1. The number of aryl methyl sites for hydroxylation is 2. The normalized spacial score (nSPS) is 17.5. The van der Waals surface area contributed by atoms with Gasteiger partial charge in [0.25, 0.3) is 0 Å². The predicted octanol–water partition coefficient (Wildman–Crippen LogP) is 3.32. The maximum absolute atomic E-state index is 12.7. The number of carbonyl (C=O) groups excluding carboxylic acids is 2. The van der Waals surface area contributed by atoms with Gasteiger partial charge < -0.3 is 24.1 Å². The molecule has 29 heavy (non-hydrogen) atoms. The lowest BCUT2D eigenvalue weighted by molar-refractivity contribution is 0.0468. The molecule has 0 aromatic carbocycles. The summed E-state index contributed by atoms with van der Waals surface area (Å²) >= 11 is 0. The Balaban J connectivity index is 1.68. The third-order valence-corrected chi connectivity index (χ3v) is 5.74. The molecular formula is C22H30N2O5. The minimum Gasteiger partial charge on any atom is -0.453 e. The molecule has 0 saturated carbocycles. The maximum Gasteiger partial charge on any atom is 0.355 e. The van der Waals surface area contributed by atoms with Crippen molar-refractivity contribution in [2.75, 3.05) is 13.2 Å². The molecule has 2 atom stereocenters. The fourth-order valence-electron chi connectivity index (χ4n) is 4.23. The van der Waals surface area contributed by atoms with Crippen molar-refractivity contribution in [2.24, 2.45) is 0 Å². The number of carbonyl (C=O) groups is 2. The SMILES string of the molecule is Cc1[nH]c(C(=O)OCC(=O)c2cc(C)n(C[C@@H]3CCCO3)c2C)c(C)c1[C@@H](C)O. The van der Waals surface area contributed by atoms with E-state index in [4.69, 9.17) is 9.47 Å². The van der Waals surface area contributed by atoms with Gasteiger partial charge in [-0.15, -0.1) is 0 Å². The first-order valence-electron chi connectivity index (χ1n) is 10.1. The van der Waals surface area contributed by atoms with Crippen molar-refractivity contribution in [1.29, 1.82) is 0 Å². The molecule has 0 unspecified atom stereocenters. The summed E-state index contributed by atoms with van der Waals surface area (Å²) in [7, 11) is 0. The lowest BCUT2D eigenvalue weighted by Gasteiger charge is -2.14. The first kappa shape index (κ1) is 21.3. The number of aliphatic hydroxyl groups excluding tert-OH is 1. The minimum absolute atomic E-state index is 0.183. The Labute approximate surface area is 171 Å². The van der Waals surface area contributed by atoms with Gasteiger partial charge in [0.15, 0.2) is 6.61 Å². The summed E-state index contributed by atoms with van der Waals surface area (Å²) in [4.78, 5) is 28.1. The zero-order chi connectivity index (χ0) is 21.3. The van der Waals surface area contributed by atoms with Crippen LogP contribution >= 0.6 is 0 Å². The van der Waals surface area contributed by atoms with Crippen LogP contribution in [0.4, 0.5) is 0 Å². The molecule has 1 aliphatic heterocycles. The summed E-state index contributed by atoms with van der Waals surface area (Å²) in [6, 6.07) is 1.84. The van der Waals surface area contributed by atoms with Gasteiger partial charge in [-0.05, 0) is 59.1 Å². The van der Waals surface area contributed by atoms with Crippen molar-refractivity contribution in [2.45, 2.75) is 66.2 Å².